The van der Waals surface area contributed by atoms with Crippen molar-refractivity contribution < 1.29 is 14.0 Å². The first-order chi connectivity index (χ1) is 13.0. The second-order valence-electron chi connectivity index (χ2n) is 6.95. The highest BCUT2D eigenvalue weighted by molar-refractivity contribution is 6.08. The maximum atomic E-state index is 12.7. The second-order valence-corrected chi connectivity index (χ2v) is 6.95. The van der Waals surface area contributed by atoms with E-state index < -0.39 is 0 Å². The molecule has 2 aromatic carbocycles. The van der Waals surface area contributed by atoms with Gasteiger partial charge < -0.3 is 9.73 Å². The highest BCUT2D eigenvalue weighted by atomic mass is 16.3. The quantitative estimate of drug-likeness (QED) is 0.592. The van der Waals surface area contributed by atoms with Gasteiger partial charge in [0.2, 0.25) is 0 Å². The number of rotatable bonds is 7. The number of benzene rings is 2. The van der Waals surface area contributed by atoms with Crippen molar-refractivity contribution in [2.45, 2.75) is 26.7 Å². The van der Waals surface area contributed by atoms with Gasteiger partial charge in [-0.05, 0) is 35.7 Å². The Kier molecular flexibility index (Phi) is 5.87. The van der Waals surface area contributed by atoms with Crippen molar-refractivity contribution >= 4 is 17.4 Å². The standard InChI is InChI=1S/C23H23NO3/c1-16(2)14-18-12-13-22(27-18)23(26)24-20-11-7-6-10-19(20)21(25)15-17-8-4-3-5-9-17/h3-13,16H,14-15H2,1-2H3,(H,24,26). The molecule has 4 heteroatoms. The van der Waals surface area contributed by atoms with E-state index in [0.717, 1.165) is 17.7 Å². The molecule has 3 aromatic rings. The number of ketones is 1. The number of hydrogen-bond donors (Lipinski definition) is 1. The summed E-state index contributed by atoms with van der Waals surface area (Å²) in [5.74, 6) is 1.07. The van der Waals surface area contributed by atoms with Crippen molar-refractivity contribution in [2.24, 2.45) is 5.92 Å². The minimum absolute atomic E-state index is 0.0444. The van der Waals surface area contributed by atoms with Crippen LogP contribution in [0.4, 0.5) is 5.69 Å². The van der Waals surface area contributed by atoms with Crippen LogP contribution in [-0.4, -0.2) is 11.7 Å². The number of carbonyl (C=O) groups excluding carboxylic acids is 2. The highest BCUT2D eigenvalue weighted by Crippen LogP contribution is 2.20. The van der Waals surface area contributed by atoms with Gasteiger partial charge in [-0.3, -0.25) is 9.59 Å². The molecule has 0 radical (unpaired) electrons. The molecule has 0 unspecified atom stereocenters. The third kappa shape index (κ3) is 4.94. The molecule has 1 aromatic heterocycles. The summed E-state index contributed by atoms with van der Waals surface area (Å²) in [6.45, 7) is 4.19. The van der Waals surface area contributed by atoms with E-state index in [1.807, 2.05) is 36.4 Å². The van der Waals surface area contributed by atoms with Crippen LogP contribution in [0.1, 0.15) is 46.1 Å². The first-order valence-electron chi connectivity index (χ1n) is 9.09. The molecule has 138 valence electrons. The lowest BCUT2D eigenvalue weighted by atomic mass is 10.0. The zero-order chi connectivity index (χ0) is 19.2. The first kappa shape index (κ1) is 18.6. The molecule has 27 heavy (non-hydrogen) atoms. The molecular formula is C23H23NO3. The van der Waals surface area contributed by atoms with Crippen LogP contribution in [-0.2, 0) is 12.8 Å². The Bertz CT molecular complexity index is 926. The number of furan rings is 1. The zero-order valence-electron chi connectivity index (χ0n) is 15.6. The van der Waals surface area contributed by atoms with Crippen LogP contribution in [0, 0.1) is 5.92 Å². The number of anilines is 1. The Hall–Kier alpha value is -3.14. The van der Waals surface area contributed by atoms with Crippen molar-refractivity contribution in [3.63, 3.8) is 0 Å². The van der Waals surface area contributed by atoms with Gasteiger partial charge in [-0.1, -0.05) is 56.3 Å². The molecule has 0 atom stereocenters. The van der Waals surface area contributed by atoms with Crippen molar-refractivity contribution in [3.8, 4) is 0 Å². The van der Waals surface area contributed by atoms with Crippen LogP contribution in [0.2, 0.25) is 0 Å². The van der Waals surface area contributed by atoms with E-state index in [0.29, 0.717) is 17.2 Å². The molecule has 0 fully saturated rings. The Morgan fingerprint density at radius 2 is 1.63 bits per heavy atom. The monoisotopic (exact) mass is 361 g/mol. The summed E-state index contributed by atoms with van der Waals surface area (Å²) in [6.07, 6.45) is 1.06. The molecule has 0 aliphatic rings. The van der Waals surface area contributed by atoms with E-state index in [4.69, 9.17) is 4.42 Å². The molecule has 0 saturated heterocycles. The summed E-state index contributed by atoms with van der Waals surface area (Å²) < 4.78 is 5.63. The lowest BCUT2D eigenvalue weighted by Crippen LogP contribution is -2.15. The Morgan fingerprint density at radius 1 is 0.926 bits per heavy atom. The molecule has 1 heterocycles. The Labute approximate surface area is 159 Å². The summed E-state index contributed by atoms with van der Waals surface area (Å²) in [6, 6.07) is 20.1. The predicted molar refractivity (Wildman–Crippen MR) is 106 cm³/mol. The second kappa shape index (κ2) is 8.49. The molecule has 1 N–H and O–H groups in total. The molecule has 0 spiro atoms. The van der Waals surface area contributed by atoms with E-state index in [1.54, 1.807) is 30.3 Å². The van der Waals surface area contributed by atoms with E-state index in [-0.39, 0.29) is 23.9 Å². The number of hydrogen-bond acceptors (Lipinski definition) is 3. The average molecular weight is 361 g/mol. The van der Waals surface area contributed by atoms with Crippen molar-refractivity contribution in [2.75, 3.05) is 5.32 Å². The van der Waals surface area contributed by atoms with Gasteiger partial charge in [-0.2, -0.15) is 0 Å². The number of carbonyl (C=O) groups is 2. The average Bonchev–Trinajstić information content (AvgIpc) is 3.11. The summed E-state index contributed by atoms with van der Waals surface area (Å²) in [4.78, 5) is 25.2. The van der Waals surface area contributed by atoms with Crippen molar-refractivity contribution in [3.05, 3.63) is 89.4 Å². The van der Waals surface area contributed by atoms with Crippen molar-refractivity contribution in [1.82, 2.24) is 0 Å². The summed E-state index contributed by atoms with van der Waals surface area (Å²) in [5, 5.41) is 2.81. The fraction of sp³-hybridized carbons (Fsp3) is 0.217. The van der Waals surface area contributed by atoms with E-state index in [1.165, 1.54) is 0 Å². The topological polar surface area (TPSA) is 59.3 Å². The van der Waals surface area contributed by atoms with Crippen LogP contribution in [0.25, 0.3) is 0 Å². The molecule has 3 rings (SSSR count). The first-order valence-corrected chi connectivity index (χ1v) is 9.09. The van der Waals surface area contributed by atoms with Gasteiger partial charge in [0.05, 0.1) is 5.69 Å². The lowest BCUT2D eigenvalue weighted by Gasteiger charge is -2.10. The predicted octanol–water partition coefficient (Wildman–Crippen LogP) is 5.16. The number of Topliss-reactive ketones (excluding diaryl/α,β-unsaturated/α-hetero) is 1. The van der Waals surface area contributed by atoms with Gasteiger partial charge in [0.1, 0.15) is 5.76 Å². The Morgan fingerprint density at radius 3 is 2.37 bits per heavy atom. The molecule has 0 bridgehead atoms. The maximum absolute atomic E-state index is 12.7. The minimum atomic E-state index is -0.357. The van der Waals surface area contributed by atoms with Gasteiger partial charge in [0.25, 0.3) is 5.91 Å². The van der Waals surface area contributed by atoms with Gasteiger partial charge in [0.15, 0.2) is 11.5 Å². The molecule has 0 aliphatic carbocycles. The fourth-order valence-corrected chi connectivity index (χ4v) is 2.91. The molecular weight excluding hydrogens is 338 g/mol. The largest absolute Gasteiger partial charge is 0.456 e. The summed E-state index contributed by atoms with van der Waals surface area (Å²) in [5.41, 5.74) is 1.92. The zero-order valence-corrected chi connectivity index (χ0v) is 15.6. The van der Waals surface area contributed by atoms with Crippen LogP contribution in [0.3, 0.4) is 0 Å². The van der Waals surface area contributed by atoms with Crippen LogP contribution in [0.15, 0.2) is 71.1 Å². The van der Waals surface area contributed by atoms with Gasteiger partial charge in [0, 0.05) is 18.4 Å². The van der Waals surface area contributed by atoms with E-state index in [2.05, 4.69) is 19.2 Å². The normalized spacial score (nSPS) is 10.8. The third-order valence-electron chi connectivity index (χ3n) is 4.18. The molecule has 0 aliphatic heterocycles. The van der Waals surface area contributed by atoms with Crippen LogP contribution < -0.4 is 5.32 Å². The van der Waals surface area contributed by atoms with Gasteiger partial charge in [-0.15, -0.1) is 0 Å². The van der Waals surface area contributed by atoms with Gasteiger partial charge in [-0.25, -0.2) is 0 Å². The van der Waals surface area contributed by atoms with Crippen molar-refractivity contribution in [1.29, 1.82) is 0 Å². The van der Waals surface area contributed by atoms with Crippen LogP contribution >= 0.6 is 0 Å². The third-order valence-corrected chi connectivity index (χ3v) is 4.18. The Balaban J connectivity index is 1.74. The smallest absolute Gasteiger partial charge is 0.291 e. The molecule has 0 saturated carbocycles. The fourth-order valence-electron chi connectivity index (χ4n) is 2.91. The molecule has 4 nitrogen and oxygen atoms in total. The number of amides is 1. The van der Waals surface area contributed by atoms with Crippen LogP contribution in [0.5, 0.6) is 0 Å². The highest BCUT2D eigenvalue weighted by Gasteiger charge is 2.17. The lowest BCUT2D eigenvalue weighted by molar-refractivity contribution is 0.0993. The number of para-hydroxylation sites is 1. The maximum Gasteiger partial charge on any atom is 0.291 e. The van der Waals surface area contributed by atoms with Gasteiger partial charge >= 0.3 is 0 Å². The van der Waals surface area contributed by atoms with E-state index >= 15 is 0 Å². The summed E-state index contributed by atoms with van der Waals surface area (Å²) >= 11 is 0. The number of nitrogens with one attached hydrogen (secondary N) is 1. The molecule has 1 amide bonds. The van der Waals surface area contributed by atoms with E-state index in [9.17, 15) is 9.59 Å². The summed E-state index contributed by atoms with van der Waals surface area (Å²) in [7, 11) is 0. The minimum Gasteiger partial charge on any atom is -0.456 e. The SMILES string of the molecule is CC(C)Cc1ccc(C(=O)Nc2ccccc2C(=O)Cc2ccccc2)o1.